The van der Waals surface area contributed by atoms with Gasteiger partial charge in [0, 0.05) is 0 Å². The molecular weight excluding hydrogens is 677 g/mol. The number of benzene rings is 2. The Morgan fingerprint density at radius 3 is 1.09 bits per heavy atom. The zero-order chi connectivity index (χ0) is 40.2. The molecule has 2 heteroatoms. The van der Waals surface area contributed by atoms with Crippen molar-refractivity contribution in [3.63, 3.8) is 0 Å². The molecule has 0 saturated heterocycles. The minimum atomic E-state index is 0.928. The van der Waals surface area contributed by atoms with Crippen molar-refractivity contribution in [2.45, 2.75) is 246 Å². The van der Waals surface area contributed by atoms with E-state index >= 15 is 0 Å². The van der Waals surface area contributed by atoms with Crippen LogP contribution in [0.3, 0.4) is 0 Å². The Hall–Kier alpha value is -2.66. The summed E-state index contributed by atoms with van der Waals surface area (Å²) in [7, 11) is 0. The van der Waals surface area contributed by atoms with Crippen molar-refractivity contribution in [3.05, 3.63) is 87.5 Å². The third-order valence-electron chi connectivity index (χ3n) is 12.1. The van der Waals surface area contributed by atoms with E-state index in [1.807, 2.05) is 0 Å². The van der Waals surface area contributed by atoms with Gasteiger partial charge in [0.25, 0.3) is 0 Å². The summed E-state index contributed by atoms with van der Waals surface area (Å²) in [6.07, 6.45) is 46.2. The van der Waals surface area contributed by atoms with Crippen molar-refractivity contribution >= 4 is 11.4 Å². The molecule has 0 N–H and O–H groups in total. The summed E-state index contributed by atoms with van der Waals surface area (Å²) in [6.45, 7) is 8.89. The van der Waals surface area contributed by atoms with Gasteiger partial charge in [-0.05, 0) is 78.8 Å². The maximum atomic E-state index is 9.47. The Morgan fingerprint density at radius 1 is 0.446 bits per heavy atom. The van der Waals surface area contributed by atoms with Gasteiger partial charge in [-0.2, -0.15) is 0 Å². The Kier molecular flexibility index (Phi) is 31.4. The molecule has 0 aliphatic carbocycles. The fourth-order valence-corrected chi connectivity index (χ4v) is 8.50. The molecular formula is C54H88N2. The van der Waals surface area contributed by atoms with Gasteiger partial charge in [0.1, 0.15) is 0 Å². The van der Waals surface area contributed by atoms with Crippen LogP contribution in [0.25, 0.3) is 11.1 Å². The second-order valence-corrected chi connectivity index (χ2v) is 17.2. The minimum Gasteiger partial charge on any atom is -0.348 e. The highest BCUT2D eigenvalue weighted by atomic mass is 14.8. The number of unbranched alkanes of at least 4 members (excludes halogenated alkanes) is 28. The van der Waals surface area contributed by atoms with Crippen LogP contribution in [0.4, 0.5) is 0 Å². The quantitative estimate of drug-likeness (QED) is 0.0216. The van der Waals surface area contributed by atoms with Crippen molar-refractivity contribution in [2.24, 2.45) is 0 Å². The molecule has 0 unspecified atom stereocenters. The number of hydrogen-bond acceptors (Lipinski definition) is 0. The van der Waals surface area contributed by atoms with Crippen LogP contribution in [-0.2, 0) is 12.8 Å². The maximum Gasteiger partial charge on any atom is 0.303 e. The van der Waals surface area contributed by atoms with Gasteiger partial charge < -0.3 is 5.53 Å². The van der Waals surface area contributed by atoms with E-state index in [9.17, 15) is 5.53 Å². The molecule has 2 rings (SSSR count). The van der Waals surface area contributed by atoms with Crippen LogP contribution in [0, 0.1) is 0 Å². The van der Waals surface area contributed by atoms with E-state index in [0.29, 0.717) is 0 Å². The van der Waals surface area contributed by atoms with Crippen molar-refractivity contribution in [3.8, 4) is 0 Å². The van der Waals surface area contributed by atoms with Crippen molar-refractivity contribution in [1.82, 2.24) is 0 Å². The normalized spacial score (nSPS) is 11.7. The lowest BCUT2D eigenvalue weighted by atomic mass is 9.86. The summed E-state index contributed by atoms with van der Waals surface area (Å²) in [5.74, 6) is 2.90. The first-order valence-electron chi connectivity index (χ1n) is 24.5. The standard InChI is InChI=1S/C54H88N2/c1-5-8-11-13-15-16-17-18-19-20-21-22-23-24-25-26-27-28-29-30-31-33-35-39-50-41-37-43-52(46-50)54(53(44-10-7-3)48(4)47-56-55)51-42-36-40-49(45-51)38-34-32-14-12-9-6-2/h36-37,40-43,45-46H,5-35,38-39,44H2,1-4H3. The Morgan fingerprint density at radius 2 is 0.768 bits per heavy atom. The highest BCUT2D eigenvalue weighted by Gasteiger charge is 2.16. The van der Waals surface area contributed by atoms with Crippen LogP contribution in [0.2, 0.25) is 0 Å². The minimum absolute atomic E-state index is 0.928. The van der Waals surface area contributed by atoms with Crippen molar-refractivity contribution in [1.29, 1.82) is 0 Å². The fourth-order valence-electron chi connectivity index (χ4n) is 8.50. The predicted octanol–water partition coefficient (Wildman–Crippen LogP) is 18.0. The van der Waals surface area contributed by atoms with Crippen LogP contribution in [-0.4, -0.2) is 10.7 Å². The van der Waals surface area contributed by atoms with Gasteiger partial charge >= 0.3 is 5.87 Å². The summed E-state index contributed by atoms with van der Waals surface area (Å²) in [6, 6.07) is 18.5. The Balaban J connectivity index is 1.74. The SMILES string of the molecule is CCCCCCCCCCCCCCCCCCCCCCCCCc1cccc(C(=C(CCCC)C(C)=C=[N+]=[N-])c2cccc(CCCCCCCC)c2)c1. The molecule has 0 aliphatic heterocycles. The molecule has 0 aromatic heterocycles. The maximum absolute atomic E-state index is 9.47. The first-order chi connectivity index (χ1) is 27.6. The van der Waals surface area contributed by atoms with Crippen LogP contribution in [0.5, 0.6) is 0 Å². The largest absolute Gasteiger partial charge is 0.348 e. The number of hydrogen-bond donors (Lipinski definition) is 0. The summed E-state index contributed by atoms with van der Waals surface area (Å²) in [4.78, 5) is 3.34. The number of nitrogens with zero attached hydrogens (tertiary/aromatic N) is 2. The van der Waals surface area contributed by atoms with Crippen LogP contribution < -0.4 is 0 Å². The van der Waals surface area contributed by atoms with Gasteiger partial charge in [-0.25, -0.2) is 0 Å². The lowest BCUT2D eigenvalue weighted by Crippen LogP contribution is -2.00. The molecule has 2 aromatic rings. The van der Waals surface area contributed by atoms with E-state index in [1.54, 1.807) is 0 Å². The van der Waals surface area contributed by atoms with Crippen molar-refractivity contribution in [2.75, 3.05) is 0 Å². The summed E-state index contributed by atoms with van der Waals surface area (Å²) < 4.78 is 0. The predicted molar refractivity (Wildman–Crippen MR) is 249 cm³/mol. The van der Waals surface area contributed by atoms with E-state index < -0.39 is 0 Å². The summed E-state index contributed by atoms with van der Waals surface area (Å²) in [5, 5.41) is 0. The molecule has 314 valence electrons. The molecule has 0 radical (unpaired) electrons. The molecule has 0 amide bonds. The first-order valence-corrected chi connectivity index (χ1v) is 24.5. The highest BCUT2D eigenvalue weighted by Crippen LogP contribution is 2.34. The third-order valence-corrected chi connectivity index (χ3v) is 12.1. The molecule has 0 aliphatic rings. The number of rotatable bonds is 37. The molecule has 2 nitrogen and oxygen atoms in total. The zero-order valence-electron chi connectivity index (χ0n) is 37.6. The monoisotopic (exact) mass is 765 g/mol. The van der Waals surface area contributed by atoms with Gasteiger partial charge in [-0.3, -0.25) is 0 Å². The lowest BCUT2D eigenvalue weighted by molar-refractivity contribution is 0.00752. The van der Waals surface area contributed by atoms with E-state index in [1.165, 1.54) is 220 Å². The topological polar surface area (TPSA) is 36.4 Å². The molecule has 0 heterocycles. The van der Waals surface area contributed by atoms with Gasteiger partial charge in [0.15, 0.2) is 0 Å². The Bertz CT molecular complexity index is 1350. The fraction of sp³-hybridized carbons (Fsp3) is 0.704. The van der Waals surface area contributed by atoms with Crippen LogP contribution in [0.1, 0.15) is 255 Å². The molecule has 56 heavy (non-hydrogen) atoms. The van der Waals surface area contributed by atoms with Crippen LogP contribution >= 0.6 is 0 Å². The van der Waals surface area contributed by atoms with Gasteiger partial charge in [0.05, 0.1) is 5.57 Å². The number of aryl methyl sites for hydroxylation is 2. The first kappa shape index (κ1) is 49.5. The van der Waals surface area contributed by atoms with E-state index in [0.717, 1.165) is 37.7 Å². The average Bonchev–Trinajstić information content (AvgIpc) is 3.21. The second-order valence-electron chi connectivity index (χ2n) is 17.2. The molecule has 0 saturated carbocycles. The van der Waals surface area contributed by atoms with Crippen LogP contribution in [0.15, 0.2) is 59.7 Å². The summed E-state index contributed by atoms with van der Waals surface area (Å²) >= 11 is 0. The lowest BCUT2D eigenvalue weighted by Gasteiger charge is -2.17. The number of allylic oxidation sites excluding steroid dienone is 2. The molecule has 2 aromatic carbocycles. The van der Waals surface area contributed by atoms with Gasteiger partial charge in [0.2, 0.25) is 0 Å². The molecule has 0 bridgehead atoms. The average molecular weight is 765 g/mol. The van der Waals surface area contributed by atoms with Crippen molar-refractivity contribution < 1.29 is 4.79 Å². The van der Waals surface area contributed by atoms with Gasteiger partial charge in [-0.15, -0.1) is 4.79 Å². The molecule has 0 spiro atoms. The van der Waals surface area contributed by atoms with E-state index in [2.05, 4.69) is 86.9 Å². The Labute approximate surface area is 348 Å². The van der Waals surface area contributed by atoms with E-state index in [4.69, 9.17) is 0 Å². The van der Waals surface area contributed by atoms with E-state index in [-0.39, 0.29) is 0 Å². The third kappa shape index (κ3) is 24.2. The smallest absolute Gasteiger partial charge is 0.303 e. The molecule has 0 atom stereocenters. The second kappa shape index (κ2) is 35.5. The highest BCUT2D eigenvalue weighted by molar-refractivity contribution is 5.87. The molecule has 0 fully saturated rings. The van der Waals surface area contributed by atoms with Gasteiger partial charge in [-0.1, -0.05) is 249 Å². The zero-order valence-corrected chi connectivity index (χ0v) is 37.6. The summed E-state index contributed by atoms with van der Waals surface area (Å²) in [5.41, 5.74) is 18.3.